The molecule has 0 saturated heterocycles. The molecular formula is C14H17N5. The van der Waals surface area contributed by atoms with Gasteiger partial charge in [0.05, 0.1) is 6.04 Å². The molecule has 0 amide bonds. The van der Waals surface area contributed by atoms with Gasteiger partial charge in [-0.25, -0.2) is 4.68 Å². The second-order valence-corrected chi connectivity index (χ2v) is 5.78. The lowest BCUT2D eigenvalue weighted by atomic mass is 9.95. The van der Waals surface area contributed by atoms with E-state index in [1.807, 2.05) is 28.9 Å². The third kappa shape index (κ3) is 1.64. The lowest BCUT2D eigenvalue weighted by Crippen LogP contribution is -2.18. The smallest absolute Gasteiger partial charge is 0.184 e. The number of fused-ring (bicyclic) bond motifs is 2. The number of nitrogens with zero attached hydrogens (tertiary/aromatic N) is 4. The Morgan fingerprint density at radius 2 is 2.05 bits per heavy atom. The van der Waals surface area contributed by atoms with Gasteiger partial charge in [0, 0.05) is 11.3 Å². The van der Waals surface area contributed by atoms with Crippen molar-refractivity contribution >= 4 is 5.69 Å². The number of para-hydroxylation sites is 1. The molecule has 0 radical (unpaired) electrons. The van der Waals surface area contributed by atoms with Crippen molar-refractivity contribution < 1.29 is 0 Å². The number of aromatic nitrogens is 4. The van der Waals surface area contributed by atoms with Gasteiger partial charge in [-0.2, -0.15) is 0 Å². The van der Waals surface area contributed by atoms with Crippen molar-refractivity contribution in [1.29, 1.82) is 0 Å². The minimum absolute atomic E-state index is 0.461. The molecule has 2 N–H and O–H groups in total. The van der Waals surface area contributed by atoms with Gasteiger partial charge in [0.15, 0.2) is 5.82 Å². The maximum absolute atomic E-state index is 6.05. The van der Waals surface area contributed by atoms with Crippen molar-refractivity contribution in [3.8, 4) is 11.4 Å². The van der Waals surface area contributed by atoms with Crippen molar-refractivity contribution in [1.82, 2.24) is 20.2 Å². The summed E-state index contributed by atoms with van der Waals surface area (Å²) >= 11 is 0. The summed E-state index contributed by atoms with van der Waals surface area (Å²) in [6.07, 6.45) is 5.26. The first-order valence-corrected chi connectivity index (χ1v) is 6.95. The third-order valence-corrected chi connectivity index (χ3v) is 4.71. The van der Waals surface area contributed by atoms with E-state index in [-0.39, 0.29) is 0 Å². The standard InChI is InChI=1S/C14H17N5/c15-12-4-2-1-3-11(12)14-16-17-18-19(14)13-8-9-5-6-10(13)7-9/h1-4,9-10,13H,5-8,15H2. The predicted molar refractivity (Wildman–Crippen MR) is 72.2 cm³/mol. The Hall–Kier alpha value is -1.91. The average Bonchev–Trinajstić information content (AvgIpc) is 3.14. The van der Waals surface area contributed by atoms with E-state index in [4.69, 9.17) is 5.73 Å². The molecule has 0 aliphatic heterocycles. The van der Waals surface area contributed by atoms with Crippen LogP contribution in [0.2, 0.25) is 0 Å². The highest BCUT2D eigenvalue weighted by Crippen LogP contribution is 2.51. The third-order valence-electron chi connectivity index (χ3n) is 4.71. The Kier molecular flexibility index (Phi) is 2.33. The number of nitrogen functional groups attached to an aromatic ring is 1. The summed E-state index contributed by atoms with van der Waals surface area (Å²) in [4.78, 5) is 0. The maximum Gasteiger partial charge on any atom is 0.184 e. The highest BCUT2D eigenvalue weighted by molar-refractivity contribution is 5.71. The van der Waals surface area contributed by atoms with Gasteiger partial charge in [-0.15, -0.1) is 5.10 Å². The van der Waals surface area contributed by atoms with Crippen LogP contribution in [0.5, 0.6) is 0 Å². The lowest BCUT2D eigenvalue weighted by molar-refractivity contribution is 0.304. The topological polar surface area (TPSA) is 69.6 Å². The van der Waals surface area contributed by atoms with Gasteiger partial charge < -0.3 is 5.73 Å². The van der Waals surface area contributed by atoms with Crippen molar-refractivity contribution in [2.45, 2.75) is 31.7 Å². The summed E-state index contributed by atoms with van der Waals surface area (Å²) in [6, 6.07) is 8.26. The van der Waals surface area contributed by atoms with Crippen LogP contribution in [0.4, 0.5) is 5.69 Å². The number of hydrogen-bond donors (Lipinski definition) is 1. The van der Waals surface area contributed by atoms with Crippen LogP contribution in [0.15, 0.2) is 24.3 Å². The molecule has 0 spiro atoms. The molecule has 3 unspecified atom stereocenters. The van der Waals surface area contributed by atoms with Crippen LogP contribution >= 0.6 is 0 Å². The molecule has 4 rings (SSSR count). The highest BCUT2D eigenvalue weighted by Gasteiger charge is 2.42. The van der Waals surface area contributed by atoms with E-state index in [0.717, 1.165) is 28.9 Å². The normalized spacial score (nSPS) is 28.9. The fraction of sp³-hybridized carbons (Fsp3) is 0.500. The summed E-state index contributed by atoms with van der Waals surface area (Å²) in [5.74, 6) is 2.44. The van der Waals surface area contributed by atoms with E-state index < -0.39 is 0 Å². The number of anilines is 1. The second kappa shape index (κ2) is 4.05. The summed E-state index contributed by atoms with van der Waals surface area (Å²) in [6.45, 7) is 0. The number of benzene rings is 1. The highest BCUT2D eigenvalue weighted by atomic mass is 15.6. The molecular weight excluding hydrogens is 238 g/mol. The van der Waals surface area contributed by atoms with Gasteiger partial charge in [0.1, 0.15) is 0 Å². The maximum atomic E-state index is 6.05. The van der Waals surface area contributed by atoms with Gasteiger partial charge in [0.25, 0.3) is 0 Å². The van der Waals surface area contributed by atoms with Crippen LogP contribution in [0.25, 0.3) is 11.4 Å². The van der Waals surface area contributed by atoms with Crippen molar-refractivity contribution in [3.63, 3.8) is 0 Å². The second-order valence-electron chi connectivity index (χ2n) is 5.78. The fourth-order valence-corrected chi connectivity index (χ4v) is 3.81. The summed E-state index contributed by atoms with van der Waals surface area (Å²) in [5, 5.41) is 12.3. The van der Waals surface area contributed by atoms with Crippen molar-refractivity contribution in [3.05, 3.63) is 24.3 Å². The lowest BCUT2D eigenvalue weighted by Gasteiger charge is -2.22. The first-order valence-electron chi connectivity index (χ1n) is 6.95. The molecule has 2 aliphatic carbocycles. The van der Waals surface area contributed by atoms with Crippen LogP contribution in [-0.4, -0.2) is 20.2 Å². The van der Waals surface area contributed by atoms with Gasteiger partial charge in [0.2, 0.25) is 0 Å². The Bertz CT molecular complexity index is 605. The Morgan fingerprint density at radius 1 is 1.16 bits per heavy atom. The molecule has 1 heterocycles. The van der Waals surface area contributed by atoms with Crippen molar-refractivity contribution in [2.75, 3.05) is 5.73 Å². The van der Waals surface area contributed by atoms with Crippen LogP contribution in [0.3, 0.4) is 0 Å². The minimum atomic E-state index is 0.461. The van der Waals surface area contributed by atoms with Crippen LogP contribution < -0.4 is 5.73 Å². The Labute approximate surface area is 111 Å². The van der Waals surface area contributed by atoms with E-state index in [2.05, 4.69) is 15.5 Å². The monoisotopic (exact) mass is 255 g/mol. The molecule has 5 nitrogen and oxygen atoms in total. The van der Waals surface area contributed by atoms with Crippen molar-refractivity contribution in [2.24, 2.45) is 11.8 Å². The Balaban J connectivity index is 1.76. The van der Waals surface area contributed by atoms with E-state index in [9.17, 15) is 0 Å². The molecule has 2 aliphatic rings. The largest absolute Gasteiger partial charge is 0.398 e. The number of nitrogens with two attached hydrogens (primary N) is 1. The summed E-state index contributed by atoms with van der Waals surface area (Å²) in [7, 11) is 0. The van der Waals surface area contributed by atoms with Gasteiger partial charge >= 0.3 is 0 Å². The van der Waals surface area contributed by atoms with Gasteiger partial charge in [-0.3, -0.25) is 0 Å². The quantitative estimate of drug-likeness (QED) is 0.836. The van der Waals surface area contributed by atoms with E-state index in [1.165, 1.54) is 25.7 Å². The molecule has 1 aromatic heterocycles. The van der Waals surface area contributed by atoms with Gasteiger partial charge in [-0.05, 0) is 53.7 Å². The molecule has 2 bridgehead atoms. The number of hydrogen-bond acceptors (Lipinski definition) is 4. The first-order chi connectivity index (χ1) is 9.33. The zero-order valence-corrected chi connectivity index (χ0v) is 10.7. The average molecular weight is 255 g/mol. The minimum Gasteiger partial charge on any atom is -0.398 e. The van der Waals surface area contributed by atoms with Crippen LogP contribution in [0, 0.1) is 11.8 Å². The number of rotatable bonds is 2. The summed E-state index contributed by atoms with van der Waals surface area (Å²) in [5.41, 5.74) is 7.72. The molecule has 5 heteroatoms. The molecule has 2 fully saturated rings. The van der Waals surface area contributed by atoms with E-state index >= 15 is 0 Å². The first kappa shape index (κ1) is 11.0. The van der Waals surface area contributed by atoms with Gasteiger partial charge in [-0.1, -0.05) is 18.6 Å². The molecule has 2 aromatic rings. The Morgan fingerprint density at radius 3 is 2.79 bits per heavy atom. The van der Waals surface area contributed by atoms with Crippen LogP contribution in [0.1, 0.15) is 31.7 Å². The molecule has 98 valence electrons. The molecule has 2 saturated carbocycles. The zero-order valence-electron chi connectivity index (χ0n) is 10.7. The molecule has 1 aromatic carbocycles. The predicted octanol–water partition coefficient (Wildman–Crippen LogP) is 2.28. The fourth-order valence-electron chi connectivity index (χ4n) is 3.81. The van der Waals surface area contributed by atoms with Crippen LogP contribution in [-0.2, 0) is 0 Å². The van der Waals surface area contributed by atoms with E-state index in [0.29, 0.717) is 6.04 Å². The molecule has 19 heavy (non-hydrogen) atoms. The zero-order chi connectivity index (χ0) is 12.8. The summed E-state index contributed by atoms with van der Waals surface area (Å²) < 4.78 is 2.01. The number of tetrazole rings is 1. The van der Waals surface area contributed by atoms with E-state index in [1.54, 1.807) is 0 Å². The molecule has 3 atom stereocenters. The SMILES string of the molecule is Nc1ccccc1-c1nnnn1C1CC2CCC1C2.